The molecule has 0 unspecified atom stereocenters. The molecule has 0 radical (unpaired) electrons. The van der Waals surface area contributed by atoms with Crippen LogP contribution >= 0.6 is 0 Å². The lowest BCUT2D eigenvalue weighted by molar-refractivity contribution is -0.382. The molecule has 0 atom stereocenters. The predicted octanol–water partition coefficient (Wildman–Crippen LogP) is 3.61. The van der Waals surface area contributed by atoms with Gasteiger partial charge in [0.2, 0.25) is 0 Å². The third-order valence-corrected chi connectivity index (χ3v) is 6.62. The van der Waals surface area contributed by atoms with Gasteiger partial charge in [0.05, 0.1) is 0 Å². The average Bonchev–Trinajstić information content (AvgIpc) is 3.18. The fourth-order valence-electron chi connectivity index (χ4n) is 1.80. The monoisotopic (exact) mass is 544 g/mol. The Morgan fingerprint density at radius 2 is 1.33 bits per heavy atom. The number of alkyl halides is 9. The summed E-state index contributed by atoms with van der Waals surface area (Å²) in [6, 6.07) is 0. The van der Waals surface area contributed by atoms with Crippen LogP contribution in [0.2, 0.25) is 0 Å². The molecule has 0 spiro atoms. The number of carbonyl (C=O) groups excluding carboxylic acids is 2. The standard InChI is InChI=1S/C11H17O4S.C4HF9O3S/c1-9(2)10(12)14-5-6-15-11(13)16-7-3-4-8-16;5-1(6,3(9,10)11)2(7,8)4(12,13)17(14,15)16/h1,3-8H2,2H3;(H,14,15,16)/q+1;/p-1. The average molecular weight is 544 g/mol. The van der Waals surface area contributed by atoms with E-state index >= 15 is 0 Å². The van der Waals surface area contributed by atoms with Gasteiger partial charge >= 0.3 is 34.5 Å². The summed E-state index contributed by atoms with van der Waals surface area (Å²) in [5.41, 5.74) is 0.351. The van der Waals surface area contributed by atoms with Crippen molar-refractivity contribution in [3.05, 3.63) is 12.2 Å². The summed E-state index contributed by atoms with van der Waals surface area (Å²) in [5, 5.41) is -7.25. The number of rotatable bonds is 7. The molecular weight excluding hydrogens is 527 g/mol. The Balaban J connectivity index is 0.000000621. The highest BCUT2D eigenvalue weighted by atomic mass is 32.2. The molecule has 1 rings (SSSR count). The van der Waals surface area contributed by atoms with E-state index in [1.165, 1.54) is 0 Å². The van der Waals surface area contributed by atoms with Gasteiger partial charge in [-0.25, -0.2) is 13.2 Å². The van der Waals surface area contributed by atoms with Gasteiger partial charge < -0.3 is 14.0 Å². The minimum atomic E-state index is -7.43. The van der Waals surface area contributed by atoms with E-state index in [4.69, 9.17) is 9.47 Å². The van der Waals surface area contributed by atoms with Gasteiger partial charge in [-0.3, -0.25) is 0 Å². The summed E-state index contributed by atoms with van der Waals surface area (Å²) < 4.78 is 145. The first-order chi connectivity index (χ1) is 14.6. The Kier molecular flexibility index (Phi) is 10.6. The number of hydrogen-bond acceptors (Lipinski definition) is 7. The molecule has 0 aromatic rings. The van der Waals surface area contributed by atoms with Crippen molar-refractivity contribution in [1.29, 1.82) is 0 Å². The van der Waals surface area contributed by atoms with Gasteiger partial charge in [-0.2, -0.15) is 44.3 Å². The fraction of sp³-hybridized carbons (Fsp3) is 0.733. The summed E-state index contributed by atoms with van der Waals surface area (Å²) in [7, 11) is -7.63. The number of carbonyl (C=O) groups is 2. The maximum absolute atomic E-state index is 12.2. The molecule has 0 amide bonds. The maximum atomic E-state index is 12.2. The second-order valence-corrected chi connectivity index (χ2v) is 9.80. The zero-order chi connectivity index (χ0) is 26.5. The summed E-state index contributed by atoms with van der Waals surface area (Å²) in [5.74, 6) is -13.4. The topological polar surface area (TPSA) is 110 Å². The molecule has 1 aliphatic heterocycles. The van der Waals surface area contributed by atoms with E-state index in [-0.39, 0.29) is 29.4 Å². The summed E-state index contributed by atoms with van der Waals surface area (Å²) in [4.78, 5) is 22.4. The first kappa shape index (κ1) is 31.3. The minimum Gasteiger partial charge on any atom is -0.743 e. The molecule has 7 nitrogen and oxygen atoms in total. The molecule has 0 saturated carbocycles. The largest absolute Gasteiger partial charge is 0.743 e. The second-order valence-electron chi connectivity index (χ2n) is 6.24. The van der Waals surface area contributed by atoms with Crippen molar-refractivity contribution in [2.45, 2.75) is 43.0 Å². The van der Waals surface area contributed by atoms with Gasteiger partial charge in [-0.05, 0) is 19.8 Å². The Morgan fingerprint density at radius 1 is 0.909 bits per heavy atom. The number of esters is 1. The molecule has 0 aromatic heterocycles. The summed E-state index contributed by atoms with van der Waals surface area (Å²) in [6.07, 6.45) is -4.93. The molecule has 33 heavy (non-hydrogen) atoms. The third kappa shape index (κ3) is 7.66. The zero-order valence-corrected chi connectivity index (χ0v) is 18.2. The lowest BCUT2D eigenvalue weighted by atomic mass is 10.1. The first-order valence-electron chi connectivity index (χ1n) is 8.43. The molecule has 18 heteroatoms. The van der Waals surface area contributed by atoms with Gasteiger partial charge in [0.25, 0.3) is 0 Å². The van der Waals surface area contributed by atoms with Crippen molar-refractivity contribution in [3.63, 3.8) is 0 Å². The molecule has 1 heterocycles. The zero-order valence-electron chi connectivity index (χ0n) is 16.5. The van der Waals surface area contributed by atoms with Gasteiger partial charge in [0.15, 0.2) is 10.1 Å². The molecule has 0 N–H and O–H groups in total. The van der Waals surface area contributed by atoms with Crippen molar-refractivity contribution >= 4 is 32.3 Å². The van der Waals surface area contributed by atoms with Crippen LogP contribution in [0.15, 0.2) is 12.2 Å². The van der Waals surface area contributed by atoms with Gasteiger partial charge in [0, 0.05) is 5.57 Å². The van der Waals surface area contributed by atoms with Crippen molar-refractivity contribution in [3.8, 4) is 0 Å². The second kappa shape index (κ2) is 11.2. The normalized spacial score (nSPS) is 16.0. The smallest absolute Gasteiger partial charge is 0.525 e. The van der Waals surface area contributed by atoms with Gasteiger partial charge in [0.1, 0.15) is 35.6 Å². The summed E-state index contributed by atoms with van der Waals surface area (Å²) >= 11 is 0. The molecule has 194 valence electrons. The van der Waals surface area contributed by atoms with E-state index in [1.807, 2.05) is 0 Å². The fourth-order valence-corrected chi connectivity index (χ4v) is 4.14. The van der Waals surface area contributed by atoms with Crippen LogP contribution in [-0.2, 0) is 35.3 Å². The van der Waals surface area contributed by atoms with E-state index in [0.29, 0.717) is 5.57 Å². The molecule has 1 aliphatic rings. The van der Waals surface area contributed by atoms with Crippen LogP contribution in [0.3, 0.4) is 0 Å². The Morgan fingerprint density at radius 3 is 1.70 bits per heavy atom. The van der Waals surface area contributed by atoms with Crippen molar-refractivity contribution in [2.24, 2.45) is 0 Å². The Hall–Kier alpha value is -1.69. The Labute approximate surface area is 184 Å². The minimum absolute atomic E-state index is 0.106. The molecule has 0 aromatic carbocycles. The number of halogens is 9. The lowest BCUT2D eigenvalue weighted by Gasteiger charge is -2.34. The van der Waals surface area contributed by atoms with Gasteiger partial charge in [-0.1, -0.05) is 6.58 Å². The highest BCUT2D eigenvalue weighted by Gasteiger charge is 2.83. The number of ether oxygens (including phenoxy) is 2. The molecular formula is C15H17F9O7S2. The Bertz CT molecular complexity index is 820. The number of hydrogen-bond donors (Lipinski definition) is 0. The van der Waals surface area contributed by atoms with Crippen LogP contribution < -0.4 is 0 Å². The highest BCUT2D eigenvalue weighted by molar-refractivity contribution is 8.10. The van der Waals surface area contributed by atoms with E-state index in [2.05, 4.69) is 6.58 Å². The van der Waals surface area contributed by atoms with E-state index in [0.717, 1.165) is 24.3 Å². The van der Waals surface area contributed by atoms with Crippen molar-refractivity contribution in [1.82, 2.24) is 0 Å². The van der Waals surface area contributed by atoms with E-state index in [9.17, 15) is 62.1 Å². The predicted molar refractivity (Wildman–Crippen MR) is 94.0 cm³/mol. The summed E-state index contributed by atoms with van der Waals surface area (Å²) in [6.45, 7) is 5.27. The maximum Gasteiger partial charge on any atom is 0.525 e. The van der Waals surface area contributed by atoms with Crippen LogP contribution in [0.5, 0.6) is 0 Å². The molecule has 1 fully saturated rings. The lowest BCUT2D eigenvalue weighted by Crippen LogP contribution is -2.63. The third-order valence-electron chi connectivity index (χ3n) is 3.58. The highest BCUT2D eigenvalue weighted by Crippen LogP contribution is 2.54. The van der Waals surface area contributed by atoms with E-state index < -0.39 is 39.4 Å². The molecule has 0 aliphatic carbocycles. The van der Waals surface area contributed by atoms with Gasteiger partial charge in [-0.15, -0.1) is 0 Å². The van der Waals surface area contributed by atoms with Crippen molar-refractivity contribution < 1.29 is 71.5 Å². The molecule has 0 bridgehead atoms. The SMILES string of the molecule is C=C(C)C(=O)OCCOC(=O)[S+]1CCCC1.O=S(=O)([O-])C(F)(F)C(F)(F)C(F)(F)C(F)(F)F. The van der Waals surface area contributed by atoms with E-state index in [1.54, 1.807) is 6.92 Å². The first-order valence-corrected chi connectivity index (χ1v) is 11.4. The van der Waals surface area contributed by atoms with Crippen LogP contribution in [0.4, 0.5) is 44.3 Å². The molecule has 1 saturated heterocycles. The van der Waals surface area contributed by atoms with Crippen molar-refractivity contribution in [2.75, 3.05) is 24.7 Å². The quantitative estimate of drug-likeness (QED) is 0.120. The van der Waals surface area contributed by atoms with Crippen LogP contribution in [-0.4, -0.2) is 72.2 Å². The van der Waals surface area contributed by atoms with Crippen LogP contribution in [0.1, 0.15) is 19.8 Å². The van der Waals surface area contributed by atoms with Crippen LogP contribution in [0.25, 0.3) is 0 Å². The van der Waals surface area contributed by atoms with Crippen LogP contribution in [0, 0.1) is 0 Å².